The number of alkyl halides is 3. The Morgan fingerprint density at radius 1 is 1.53 bits per heavy atom. The number of carboxylic acid groups (broad SMARTS) is 1. The number of pyridine rings is 1. The second-order valence-corrected chi connectivity index (χ2v) is 3.35. The molecule has 0 fully saturated rings. The van der Waals surface area contributed by atoms with Crippen LogP contribution < -0.4 is 11.1 Å². The Balaban J connectivity index is 3.27. The van der Waals surface area contributed by atoms with E-state index in [4.69, 9.17) is 10.8 Å². The lowest BCUT2D eigenvalue weighted by molar-refractivity contribution is -0.137. The lowest BCUT2D eigenvalue weighted by atomic mass is 10.2. The number of nitrogens with two attached hydrogens (primary N) is 1. The Kier molecular flexibility index (Phi) is 3.51. The normalized spacial score (nSPS) is 11.0. The first-order chi connectivity index (χ1) is 7.71. The van der Waals surface area contributed by atoms with E-state index < -0.39 is 23.3 Å². The number of nitrogens with one attached hydrogen (secondary N) is 1. The first-order valence-corrected chi connectivity index (χ1v) is 4.49. The number of aromatic carboxylic acids is 1. The molecule has 0 spiro atoms. The van der Waals surface area contributed by atoms with Crippen LogP contribution >= 0.6 is 12.2 Å². The predicted octanol–water partition coefficient (Wildman–Crippen LogP) is 1.45. The summed E-state index contributed by atoms with van der Waals surface area (Å²) in [6, 6.07) is 0.454. The zero-order chi connectivity index (χ0) is 13.2. The van der Waals surface area contributed by atoms with Gasteiger partial charge in [-0.25, -0.2) is 9.78 Å². The zero-order valence-electron chi connectivity index (χ0n) is 8.08. The number of anilines is 1. The molecule has 1 rings (SSSR count). The Morgan fingerprint density at radius 2 is 2.12 bits per heavy atom. The molecule has 17 heavy (non-hydrogen) atoms. The molecule has 0 amide bonds. The number of halogens is 3. The predicted molar refractivity (Wildman–Crippen MR) is 56.6 cm³/mol. The molecule has 92 valence electrons. The van der Waals surface area contributed by atoms with Gasteiger partial charge in [0.2, 0.25) is 0 Å². The Hall–Kier alpha value is -1.90. The average molecular weight is 265 g/mol. The summed E-state index contributed by atoms with van der Waals surface area (Å²) in [7, 11) is 0. The molecule has 0 aliphatic carbocycles. The second kappa shape index (κ2) is 4.53. The second-order valence-electron chi connectivity index (χ2n) is 2.91. The van der Waals surface area contributed by atoms with Crippen molar-refractivity contribution in [1.29, 1.82) is 0 Å². The maximum absolute atomic E-state index is 12.3. The molecule has 0 radical (unpaired) electrons. The fourth-order valence-corrected chi connectivity index (χ4v) is 1.10. The molecular weight excluding hydrogens is 259 g/mol. The van der Waals surface area contributed by atoms with E-state index in [9.17, 15) is 18.0 Å². The third-order valence-electron chi connectivity index (χ3n) is 1.69. The molecule has 0 unspecified atom stereocenters. The number of hydrogen-bond donors (Lipinski definition) is 3. The summed E-state index contributed by atoms with van der Waals surface area (Å²) < 4.78 is 37.0. The smallest absolute Gasteiger partial charge is 0.417 e. The minimum atomic E-state index is -4.67. The Bertz CT molecular complexity index is 476. The van der Waals surface area contributed by atoms with Crippen LogP contribution in [0.5, 0.6) is 0 Å². The molecule has 4 N–H and O–H groups in total. The molecular formula is C8H6F3N3O2S. The zero-order valence-corrected chi connectivity index (χ0v) is 8.89. The van der Waals surface area contributed by atoms with Crippen LogP contribution in [0.25, 0.3) is 0 Å². The summed E-state index contributed by atoms with van der Waals surface area (Å²) in [6.45, 7) is 0. The van der Waals surface area contributed by atoms with Crippen LogP contribution in [0.4, 0.5) is 19.0 Å². The van der Waals surface area contributed by atoms with Gasteiger partial charge in [0.05, 0.1) is 5.56 Å². The molecule has 5 nitrogen and oxygen atoms in total. The highest BCUT2D eigenvalue weighted by Crippen LogP contribution is 2.30. The fourth-order valence-electron chi connectivity index (χ4n) is 0.999. The van der Waals surface area contributed by atoms with Crippen molar-refractivity contribution in [2.75, 3.05) is 5.32 Å². The average Bonchev–Trinajstić information content (AvgIpc) is 2.15. The van der Waals surface area contributed by atoms with E-state index in [0.29, 0.717) is 12.3 Å². The first kappa shape index (κ1) is 13.2. The van der Waals surface area contributed by atoms with E-state index >= 15 is 0 Å². The summed E-state index contributed by atoms with van der Waals surface area (Å²) in [5.41, 5.74) is 3.26. The Morgan fingerprint density at radius 3 is 2.53 bits per heavy atom. The van der Waals surface area contributed by atoms with Crippen LogP contribution in [0.15, 0.2) is 12.3 Å². The van der Waals surface area contributed by atoms with Crippen molar-refractivity contribution in [3.63, 3.8) is 0 Å². The van der Waals surface area contributed by atoms with E-state index in [2.05, 4.69) is 22.5 Å². The van der Waals surface area contributed by atoms with E-state index in [1.54, 1.807) is 0 Å². The third-order valence-corrected chi connectivity index (χ3v) is 1.79. The summed E-state index contributed by atoms with van der Waals surface area (Å²) in [5.74, 6) is -1.90. The van der Waals surface area contributed by atoms with Crippen molar-refractivity contribution in [1.82, 2.24) is 4.98 Å². The number of carbonyl (C=O) groups is 1. The monoisotopic (exact) mass is 265 g/mol. The van der Waals surface area contributed by atoms with Crippen LogP contribution in [-0.2, 0) is 6.18 Å². The molecule has 9 heteroatoms. The van der Waals surface area contributed by atoms with Gasteiger partial charge in [0.15, 0.2) is 5.11 Å². The van der Waals surface area contributed by atoms with Crippen LogP contribution in [-0.4, -0.2) is 21.2 Å². The van der Waals surface area contributed by atoms with Gasteiger partial charge in [0.1, 0.15) is 11.4 Å². The van der Waals surface area contributed by atoms with Gasteiger partial charge in [0, 0.05) is 6.20 Å². The van der Waals surface area contributed by atoms with Crippen molar-refractivity contribution < 1.29 is 23.1 Å². The van der Waals surface area contributed by atoms with E-state index in [-0.39, 0.29) is 10.9 Å². The fraction of sp³-hybridized carbons (Fsp3) is 0.125. The maximum atomic E-state index is 12.3. The summed E-state index contributed by atoms with van der Waals surface area (Å²) >= 11 is 4.44. The molecule has 0 aromatic carbocycles. The lowest BCUT2D eigenvalue weighted by Gasteiger charge is -2.10. The van der Waals surface area contributed by atoms with Gasteiger partial charge in [-0.3, -0.25) is 0 Å². The molecule has 0 bridgehead atoms. The van der Waals surface area contributed by atoms with Gasteiger partial charge >= 0.3 is 12.1 Å². The molecule has 0 saturated carbocycles. The molecule has 0 saturated heterocycles. The van der Waals surface area contributed by atoms with Crippen LogP contribution in [0, 0.1) is 0 Å². The third kappa shape index (κ3) is 3.28. The molecule has 0 aliphatic rings. The number of rotatable bonds is 2. The quantitative estimate of drug-likeness (QED) is 0.701. The van der Waals surface area contributed by atoms with Crippen molar-refractivity contribution in [3.8, 4) is 0 Å². The number of hydrogen-bond acceptors (Lipinski definition) is 3. The van der Waals surface area contributed by atoms with Crippen molar-refractivity contribution in [2.24, 2.45) is 5.73 Å². The summed E-state index contributed by atoms with van der Waals surface area (Å²) in [4.78, 5) is 14.1. The highest BCUT2D eigenvalue weighted by Gasteiger charge is 2.32. The standard InChI is InChI=1S/C8H6F3N3O2S/c9-8(10,11)3-1-4(6(15)16)5(13-2-3)14-7(12)17/h1-2H,(H,15,16)(H3,12,13,14,17). The highest BCUT2D eigenvalue weighted by molar-refractivity contribution is 7.80. The van der Waals surface area contributed by atoms with Crippen LogP contribution in [0.3, 0.4) is 0 Å². The van der Waals surface area contributed by atoms with Crippen LogP contribution in [0.2, 0.25) is 0 Å². The van der Waals surface area contributed by atoms with Gasteiger partial charge in [0.25, 0.3) is 0 Å². The molecule has 0 atom stereocenters. The number of aromatic nitrogens is 1. The molecule has 1 aromatic heterocycles. The summed E-state index contributed by atoms with van der Waals surface area (Å²) in [5, 5.41) is 10.6. The van der Waals surface area contributed by atoms with Gasteiger partial charge in [-0.2, -0.15) is 13.2 Å². The minimum Gasteiger partial charge on any atom is -0.478 e. The van der Waals surface area contributed by atoms with Crippen molar-refractivity contribution in [2.45, 2.75) is 6.18 Å². The van der Waals surface area contributed by atoms with E-state index in [1.165, 1.54) is 0 Å². The van der Waals surface area contributed by atoms with Gasteiger partial charge in [-0.15, -0.1) is 0 Å². The molecule has 0 aliphatic heterocycles. The van der Waals surface area contributed by atoms with Gasteiger partial charge in [-0.05, 0) is 18.3 Å². The number of thiocarbonyl (C=S) groups is 1. The van der Waals surface area contributed by atoms with E-state index in [1.807, 2.05) is 0 Å². The largest absolute Gasteiger partial charge is 0.478 e. The first-order valence-electron chi connectivity index (χ1n) is 4.09. The van der Waals surface area contributed by atoms with Crippen molar-refractivity contribution >= 4 is 29.1 Å². The minimum absolute atomic E-state index is 0.292. The maximum Gasteiger partial charge on any atom is 0.417 e. The lowest BCUT2D eigenvalue weighted by Crippen LogP contribution is -2.22. The topological polar surface area (TPSA) is 88.2 Å². The van der Waals surface area contributed by atoms with Crippen LogP contribution in [0.1, 0.15) is 15.9 Å². The number of carboxylic acids is 1. The van der Waals surface area contributed by atoms with Gasteiger partial charge < -0.3 is 16.2 Å². The van der Waals surface area contributed by atoms with Gasteiger partial charge in [-0.1, -0.05) is 0 Å². The molecule has 1 aromatic rings. The van der Waals surface area contributed by atoms with E-state index in [0.717, 1.165) is 0 Å². The number of nitrogens with zero attached hydrogens (tertiary/aromatic N) is 1. The Labute approximate surface area is 98.4 Å². The van der Waals surface area contributed by atoms with Crippen molar-refractivity contribution in [3.05, 3.63) is 23.4 Å². The molecule has 1 heterocycles. The SMILES string of the molecule is NC(=S)Nc1ncc(C(F)(F)F)cc1C(=O)O. The summed E-state index contributed by atoms with van der Waals surface area (Å²) in [6.07, 6.45) is -4.17. The highest BCUT2D eigenvalue weighted by atomic mass is 32.1.